The summed E-state index contributed by atoms with van der Waals surface area (Å²) in [6, 6.07) is 15.4. The van der Waals surface area contributed by atoms with E-state index in [0.29, 0.717) is 12.3 Å². The first-order valence-electron chi connectivity index (χ1n) is 6.88. The van der Waals surface area contributed by atoms with Crippen LogP contribution in [0.1, 0.15) is 11.1 Å². The number of hydrazone groups is 1. The van der Waals surface area contributed by atoms with Crippen molar-refractivity contribution in [1.82, 2.24) is 5.43 Å². The second-order valence-electron chi connectivity index (χ2n) is 4.44. The lowest BCUT2D eigenvalue weighted by Gasteiger charge is -2.08. The number of nitrogens with zero attached hydrogens (tertiary/aromatic N) is 1. The summed E-state index contributed by atoms with van der Waals surface area (Å²) < 4.78 is 10.8. The molecular formula is C18H18N2O2. The Kier molecular flexibility index (Phi) is 5.89. The van der Waals surface area contributed by atoms with E-state index in [1.165, 1.54) is 0 Å². The number of rotatable bonds is 7. The molecule has 2 aromatic rings. The van der Waals surface area contributed by atoms with Crippen LogP contribution in [-0.2, 0) is 6.54 Å². The maximum atomic E-state index is 5.46. The Morgan fingerprint density at radius 3 is 2.64 bits per heavy atom. The van der Waals surface area contributed by atoms with Gasteiger partial charge in [0.2, 0.25) is 0 Å². The third-order valence-electron chi connectivity index (χ3n) is 2.99. The zero-order valence-electron chi connectivity index (χ0n) is 12.5. The molecule has 4 heteroatoms. The molecule has 0 aliphatic carbocycles. The van der Waals surface area contributed by atoms with E-state index >= 15 is 0 Å². The number of nitrogens with one attached hydrogen (secondary N) is 1. The summed E-state index contributed by atoms with van der Waals surface area (Å²) in [6.45, 7) is 0.813. The largest absolute Gasteiger partial charge is 0.496 e. The van der Waals surface area contributed by atoms with E-state index in [1.54, 1.807) is 13.3 Å². The summed E-state index contributed by atoms with van der Waals surface area (Å²) >= 11 is 0. The van der Waals surface area contributed by atoms with Crippen LogP contribution in [0.15, 0.2) is 53.6 Å². The highest BCUT2D eigenvalue weighted by molar-refractivity contribution is 5.83. The summed E-state index contributed by atoms with van der Waals surface area (Å²) in [6.07, 6.45) is 6.92. The van der Waals surface area contributed by atoms with E-state index in [0.717, 1.165) is 16.9 Å². The van der Waals surface area contributed by atoms with Gasteiger partial charge in [0.05, 0.1) is 19.9 Å². The number of ether oxygens (including phenoxy) is 2. The van der Waals surface area contributed by atoms with Gasteiger partial charge in [0.25, 0.3) is 0 Å². The van der Waals surface area contributed by atoms with Crippen LogP contribution < -0.4 is 14.9 Å². The van der Waals surface area contributed by atoms with Crippen molar-refractivity contribution in [2.45, 2.75) is 6.54 Å². The minimum absolute atomic E-state index is 0.236. The molecule has 0 heterocycles. The van der Waals surface area contributed by atoms with E-state index in [2.05, 4.69) is 16.4 Å². The summed E-state index contributed by atoms with van der Waals surface area (Å²) in [5.74, 6) is 4.00. The third-order valence-corrected chi connectivity index (χ3v) is 2.99. The van der Waals surface area contributed by atoms with Crippen LogP contribution >= 0.6 is 0 Å². The van der Waals surface area contributed by atoms with Crippen LogP contribution in [0.25, 0.3) is 0 Å². The Bertz CT molecular complexity index is 675. The molecule has 0 spiro atoms. The van der Waals surface area contributed by atoms with E-state index < -0.39 is 0 Å². The van der Waals surface area contributed by atoms with Crippen molar-refractivity contribution < 1.29 is 9.47 Å². The summed E-state index contributed by atoms with van der Waals surface area (Å²) in [7, 11) is 1.65. The lowest BCUT2D eigenvalue weighted by molar-refractivity contribution is 0.370. The van der Waals surface area contributed by atoms with Crippen LogP contribution in [0.4, 0.5) is 0 Å². The third kappa shape index (κ3) is 4.29. The van der Waals surface area contributed by atoms with Crippen molar-refractivity contribution in [3.8, 4) is 23.8 Å². The van der Waals surface area contributed by atoms with Crippen LogP contribution in [0.2, 0.25) is 0 Å². The van der Waals surface area contributed by atoms with E-state index in [9.17, 15) is 0 Å². The van der Waals surface area contributed by atoms with Crippen molar-refractivity contribution >= 4 is 6.21 Å². The molecule has 0 fully saturated rings. The Morgan fingerprint density at radius 1 is 1.14 bits per heavy atom. The number of benzene rings is 2. The fourth-order valence-corrected chi connectivity index (χ4v) is 1.93. The topological polar surface area (TPSA) is 42.8 Å². The molecular weight excluding hydrogens is 276 g/mol. The van der Waals surface area contributed by atoms with Gasteiger partial charge in [-0.1, -0.05) is 36.3 Å². The molecule has 2 rings (SSSR count). The molecule has 0 aromatic heterocycles. The Labute approximate surface area is 130 Å². The van der Waals surface area contributed by atoms with Gasteiger partial charge in [-0.05, 0) is 18.2 Å². The second-order valence-corrected chi connectivity index (χ2v) is 4.44. The van der Waals surface area contributed by atoms with Gasteiger partial charge in [-0.25, -0.2) is 0 Å². The maximum absolute atomic E-state index is 5.46. The molecule has 0 saturated heterocycles. The molecule has 0 amide bonds. The van der Waals surface area contributed by atoms with Crippen LogP contribution in [0.3, 0.4) is 0 Å². The molecule has 0 atom stereocenters. The van der Waals surface area contributed by atoms with Gasteiger partial charge < -0.3 is 14.9 Å². The standard InChI is InChI=1S/C18H18N2O2/c1-3-12-22-18-11-7-5-9-16(18)14-20-19-13-15-8-4-6-10-17(15)21-2/h1,4-11,14,19H,12-13H2,2H3/b20-14+. The molecule has 112 valence electrons. The number of hydrogen-bond donors (Lipinski definition) is 1. The first kappa shape index (κ1) is 15.5. The molecule has 22 heavy (non-hydrogen) atoms. The van der Waals surface area contributed by atoms with Crippen molar-refractivity contribution in [3.05, 3.63) is 59.7 Å². The molecule has 1 N–H and O–H groups in total. The van der Waals surface area contributed by atoms with Crippen LogP contribution in [0, 0.1) is 12.3 Å². The highest BCUT2D eigenvalue weighted by Crippen LogP contribution is 2.17. The van der Waals surface area contributed by atoms with Gasteiger partial charge in [0.15, 0.2) is 0 Å². The minimum Gasteiger partial charge on any atom is -0.496 e. The van der Waals surface area contributed by atoms with Crippen molar-refractivity contribution in [1.29, 1.82) is 0 Å². The lowest BCUT2D eigenvalue weighted by Crippen LogP contribution is -2.07. The second kappa shape index (κ2) is 8.38. The number of methoxy groups -OCH3 is 1. The highest BCUT2D eigenvalue weighted by atomic mass is 16.5. The highest BCUT2D eigenvalue weighted by Gasteiger charge is 2.01. The fourth-order valence-electron chi connectivity index (χ4n) is 1.93. The van der Waals surface area contributed by atoms with Crippen molar-refractivity contribution in [2.75, 3.05) is 13.7 Å². The first-order valence-corrected chi connectivity index (χ1v) is 6.88. The predicted molar refractivity (Wildman–Crippen MR) is 88.2 cm³/mol. The van der Waals surface area contributed by atoms with Crippen LogP contribution in [-0.4, -0.2) is 19.9 Å². The number of hydrogen-bond acceptors (Lipinski definition) is 4. The molecule has 2 aromatic carbocycles. The normalized spacial score (nSPS) is 10.2. The SMILES string of the molecule is C#CCOc1ccccc1/C=N/NCc1ccccc1OC. The molecule has 0 bridgehead atoms. The average Bonchev–Trinajstić information content (AvgIpc) is 2.58. The predicted octanol–water partition coefficient (Wildman–Crippen LogP) is 2.83. The smallest absolute Gasteiger partial charge is 0.148 e. The average molecular weight is 294 g/mol. The van der Waals surface area contributed by atoms with Crippen LogP contribution in [0.5, 0.6) is 11.5 Å². The van der Waals surface area contributed by atoms with Gasteiger partial charge in [0, 0.05) is 11.1 Å². The molecule has 4 nitrogen and oxygen atoms in total. The molecule has 0 saturated carbocycles. The van der Waals surface area contributed by atoms with E-state index in [1.807, 2.05) is 48.5 Å². The summed E-state index contributed by atoms with van der Waals surface area (Å²) in [5.41, 5.74) is 4.91. The van der Waals surface area contributed by atoms with Gasteiger partial charge in [-0.2, -0.15) is 5.10 Å². The number of terminal acetylenes is 1. The zero-order chi connectivity index (χ0) is 15.6. The maximum Gasteiger partial charge on any atom is 0.148 e. The zero-order valence-corrected chi connectivity index (χ0v) is 12.5. The van der Waals surface area contributed by atoms with Gasteiger partial charge >= 0.3 is 0 Å². The van der Waals surface area contributed by atoms with Crippen molar-refractivity contribution in [2.24, 2.45) is 5.10 Å². The van der Waals surface area contributed by atoms with Gasteiger partial charge in [-0.15, -0.1) is 6.42 Å². The molecule has 0 radical (unpaired) electrons. The number of para-hydroxylation sites is 2. The summed E-state index contributed by atoms with van der Waals surface area (Å²) in [4.78, 5) is 0. The fraction of sp³-hybridized carbons (Fsp3) is 0.167. The van der Waals surface area contributed by atoms with E-state index in [4.69, 9.17) is 15.9 Å². The Morgan fingerprint density at radius 2 is 1.86 bits per heavy atom. The van der Waals surface area contributed by atoms with Gasteiger partial charge in [-0.3, -0.25) is 0 Å². The molecule has 0 aliphatic heterocycles. The first-order chi connectivity index (χ1) is 10.8. The lowest BCUT2D eigenvalue weighted by atomic mass is 10.2. The van der Waals surface area contributed by atoms with Gasteiger partial charge in [0.1, 0.15) is 18.1 Å². The quantitative estimate of drug-likeness (QED) is 0.485. The Balaban J connectivity index is 1.97. The van der Waals surface area contributed by atoms with E-state index in [-0.39, 0.29) is 6.61 Å². The Hall–Kier alpha value is -2.93. The summed E-state index contributed by atoms with van der Waals surface area (Å²) in [5, 5.41) is 4.22. The minimum atomic E-state index is 0.236. The molecule has 0 aliphatic rings. The van der Waals surface area contributed by atoms with Crippen molar-refractivity contribution in [3.63, 3.8) is 0 Å². The monoisotopic (exact) mass is 294 g/mol. The molecule has 0 unspecified atom stereocenters.